The second kappa shape index (κ2) is 7.75. The molecule has 0 unspecified atom stereocenters. The van der Waals surface area contributed by atoms with E-state index in [0.29, 0.717) is 17.2 Å². The number of para-hydroxylation sites is 1. The first-order valence-corrected chi connectivity index (χ1v) is 9.20. The number of thioether (sulfide) groups is 1. The Bertz CT molecular complexity index is 693. The third-order valence-electron chi connectivity index (χ3n) is 4.46. The summed E-state index contributed by atoms with van der Waals surface area (Å²) in [5.74, 6) is 2.41. The molecule has 0 saturated carbocycles. The number of rotatable bonds is 5. The molecule has 128 valence electrons. The highest BCUT2D eigenvalue weighted by molar-refractivity contribution is 7.99. The summed E-state index contributed by atoms with van der Waals surface area (Å²) in [6.45, 7) is 1.62. The van der Waals surface area contributed by atoms with Crippen molar-refractivity contribution in [1.29, 1.82) is 0 Å². The molecule has 2 heterocycles. The number of benzene rings is 1. The minimum Gasteiger partial charge on any atom is -0.496 e. The van der Waals surface area contributed by atoms with Crippen LogP contribution >= 0.6 is 11.8 Å². The molecular weight excluding hydrogens is 322 g/mol. The molecule has 1 aliphatic rings. The number of ether oxygens (including phenoxy) is 1. The lowest BCUT2D eigenvalue weighted by molar-refractivity contribution is 0.0695. The molecule has 0 radical (unpaired) electrons. The Morgan fingerprint density at radius 2 is 2.08 bits per heavy atom. The Hall–Kier alpha value is -1.95. The van der Waals surface area contributed by atoms with E-state index < -0.39 is 0 Å². The molecule has 0 aliphatic carbocycles. The predicted molar refractivity (Wildman–Crippen MR) is 95.6 cm³/mol. The highest BCUT2D eigenvalue weighted by Gasteiger charge is 2.25. The SMILES string of the molecule is COc1ccccc1C(=O)N1CCC(CSc2nccn2C)CC1. The van der Waals surface area contributed by atoms with Crippen LogP contribution in [0.1, 0.15) is 23.2 Å². The number of amides is 1. The number of carbonyl (C=O) groups is 1. The minimum atomic E-state index is 0.0719. The van der Waals surface area contributed by atoms with E-state index in [2.05, 4.69) is 4.98 Å². The van der Waals surface area contributed by atoms with Gasteiger partial charge in [-0.1, -0.05) is 23.9 Å². The van der Waals surface area contributed by atoms with Gasteiger partial charge in [-0.05, 0) is 30.9 Å². The second-order valence-electron chi connectivity index (χ2n) is 6.07. The first kappa shape index (κ1) is 16.9. The van der Waals surface area contributed by atoms with Gasteiger partial charge in [-0.3, -0.25) is 4.79 Å². The molecule has 1 amide bonds. The van der Waals surface area contributed by atoms with E-state index in [0.717, 1.165) is 36.8 Å². The molecule has 1 saturated heterocycles. The lowest BCUT2D eigenvalue weighted by atomic mass is 9.98. The zero-order valence-electron chi connectivity index (χ0n) is 14.1. The van der Waals surface area contributed by atoms with Crippen molar-refractivity contribution in [3.8, 4) is 5.75 Å². The molecule has 0 bridgehead atoms. The summed E-state index contributed by atoms with van der Waals surface area (Å²) >= 11 is 1.80. The maximum absolute atomic E-state index is 12.7. The fourth-order valence-electron chi connectivity index (χ4n) is 2.98. The van der Waals surface area contributed by atoms with Crippen LogP contribution in [0.5, 0.6) is 5.75 Å². The topological polar surface area (TPSA) is 47.4 Å². The number of piperidine rings is 1. The van der Waals surface area contributed by atoms with E-state index in [1.165, 1.54) is 0 Å². The molecule has 1 fully saturated rings. The van der Waals surface area contributed by atoms with Gasteiger partial charge in [0.05, 0.1) is 12.7 Å². The number of nitrogens with zero attached hydrogens (tertiary/aromatic N) is 3. The van der Waals surface area contributed by atoms with Gasteiger partial charge >= 0.3 is 0 Å². The molecule has 5 nitrogen and oxygen atoms in total. The van der Waals surface area contributed by atoms with Crippen LogP contribution < -0.4 is 4.74 Å². The van der Waals surface area contributed by atoms with Crippen molar-refractivity contribution in [2.45, 2.75) is 18.0 Å². The van der Waals surface area contributed by atoms with Crippen molar-refractivity contribution in [3.05, 3.63) is 42.2 Å². The van der Waals surface area contributed by atoms with Crippen LogP contribution in [-0.2, 0) is 7.05 Å². The molecule has 6 heteroatoms. The monoisotopic (exact) mass is 345 g/mol. The fraction of sp³-hybridized carbons (Fsp3) is 0.444. The number of imidazole rings is 1. The van der Waals surface area contributed by atoms with Crippen LogP contribution in [0.25, 0.3) is 0 Å². The molecule has 1 aromatic heterocycles. The zero-order valence-corrected chi connectivity index (χ0v) is 15.0. The molecule has 0 atom stereocenters. The molecule has 2 aromatic rings. The summed E-state index contributed by atoms with van der Waals surface area (Å²) in [6, 6.07) is 7.44. The van der Waals surface area contributed by atoms with Crippen molar-refractivity contribution in [3.63, 3.8) is 0 Å². The van der Waals surface area contributed by atoms with E-state index in [1.54, 1.807) is 18.9 Å². The molecule has 0 N–H and O–H groups in total. The third kappa shape index (κ3) is 3.75. The zero-order chi connectivity index (χ0) is 16.9. The number of hydrogen-bond donors (Lipinski definition) is 0. The average Bonchev–Trinajstić information content (AvgIpc) is 3.04. The van der Waals surface area contributed by atoms with Gasteiger partial charge in [0, 0.05) is 38.3 Å². The van der Waals surface area contributed by atoms with Crippen LogP contribution in [-0.4, -0.2) is 46.3 Å². The Morgan fingerprint density at radius 3 is 2.75 bits per heavy atom. The quantitative estimate of drug-likeness (QED) is 0.782. The highest BCUT2D eigenvalue weighted by Crippen LogP contribution is 2.27. The van der Waals surface area contributed by atoms with Crippen LogP contribution in [0.3, 0.4) is 0 Å². The highest BCUT2D eigenvalue weighted by atomic mass is 32.2. The third-order valence-corrected chi connectivity index (χ3v) is 5.75. The predicted octanol–water partition coefficient (Wildman–Crippen LogP) is 3.07. The van der Waals surface area contributed by atoms with E-state index in [-0.39, 0.29) is 5.91 Å². The van der Waals surface area contributed by atoms with Gasteiger partial charge in [0.1, 0.15) is 5.75 Å². The van der Waals surface area contributed by atoms with E-state index in [1.807, 2.05) is 53.2 Å². The van der Waals surface area contributed by atoms with Gasteiger partial charge in [0.2, 0.25) is 0 Å². The number of aryl methyl sites for hydroxylation is 1. The Morgan fingerprint density at radius 1 is 1.33 bits per heavy atom. The van der Waals surface area contributed by atoms with Crippen molar-refractivity contribution < 1.29 is 9.53 Å². The summed E-state index contributed by atoms with van der Waals surface area (Å²) in [6.07, 6.45) is 5.88. The first-order valence-electron chi connectivity index (χ1n) is 8.21. The van der Waals surface area contributed by atoms with Gasteiger partial charge in [0.25, 0.3) is 5.91 Å². The van der Waals surface area contributed by atoms with E-state index >= 15 is 0 Å². The Balaban J connectivity index is 1.53. The Kier molecular flexibility index (Phi) is 5.45. The summed E-state index contributed by atoms with van der Waals surface area (Å²) in [5.41, 5.74) is 0.654. The molecule has 3 rings (SSSR count). The van der Waals surface area contributed by atoms with Crippen LogP contribution in [0.2, 0.25) is 0 Å². The second-order valence-corrected chi connectivity index (χ2v) is 7.05. The summed E-state index contributed by atoms with van der Waals surface area (Å²) in [7, 11) is 3.62. The number of carbonyl (C=O) groups excluding carboxylic acids is 1. The molecule has 0 spiro atoms. The smallest absolute Gasteiger partial charge is 0.257 e. The van der Waals surface area contributed by atoms with Gasteiger partial charge in [0.15, 0.2) is 5.16 Å². The number of methoxy groups -OCH3 is 1. The molecule has 24 heavy (non-hydrogen) atoms. The van der Waals surface area contributed by atoms with Crippen LogP contribution in [0, 0.1) is 5.92 Å². The normalized spacial score (nSPS) is 15.5. The number of hydrogen-bond acceptors (Lipinski definition) is 4. The van der Waals surface area contributed by atoms with E-state index in [9.17, 15) is 4.79 Å². The van der Waals surface area contributed by atoms with Crippen molar-refractivity contribution in [2.24, 2.45) is 13.0 Å². The maximum atomic E-state index is 12.7. The maximum Gasteiger partial charge on any atom is 0.257 e. The number of likely N-dealkylation sites (tertiary alicyclic amines) is 1. The summed E-state index contributed by atoms with van der Waals surface area (Å²) in [5, 5.41) is 1.06. The summed E-state index contributed by atoms with van der Waals surface area (Å²) < 4.78 is 7.36. The lowest BCUT2D eigenvalue weighted by Crippen LogP contribution is -2.39. The molecular formula is C18H23N3O2S. The fourth-order valence-corrected chi connectivity index (χ4v) is 4.10. The van der Waals surface area contributed by atoms with E-state index in [4.69, 9.17) is 4.74 Å². The van der Waals surface area contributed by atoms with Gasteiger partial charge in [-0.25, -0.2) is 4.98 Å². The van der Waals surface area contributed by atoms with Crippen molar-refractivity contribution in [1.82, 2.24) is 14.5 Å². The standard InChI is InChI=1S/C18H23N3O2S/c1-20-12-9-19-18(20)24-13-14-7-10-21(11-8-14)17(22)15-5-3-4-6-16(15)23-2/h3-6,9,12,14H,7-8,10-11,13H2,1-2H3. The minimum absolute atomic E-state index is 0.0719. The van der Waals surface area contributed by atoms with Gasteiger partial charge in [-0.2, -0.15) is 0 Å². The van der Waals surface area contributed by atoms with Crippen molar-refractivity contribution >= 4 is 17.7 Å². The molecule has 1 aromatic carbocycles. The molecule has 1 aliphatic heterocycles. The first-order chi connectivity index (χ1) is 11.7. The largest absolute Gasteiger partial charge is 0.496 e. The van der Waals surface area contributed by atoms with Crippen LogP contribution in [0.15, 0.2) is 41.8 Å². The van der Waals surface area contributed by atoms with Gasteiger partial charge < -0.3 is 14.2 Å². The Labute approximate surface area is 147 Å². The van der Waals surface area contributed by atoms with Gasteiger partial charge in [-0.15, -0.1) is 0 Å². The van der Waals surface area contributed by atoms with Crippen LogP contribution in [0.4, 0.5) is 0 Å². The number of aromatic nitrogens is 2. The van der Waals surface area contributed by atoms with Crippen molar-refractivity contribution in [2.75, 3.05) is 26.0 Å². The summed E-state index contributed by atoms with van der Waals surface area (Å²) in [4.78, 5) is 19.0. The lowest BCUT2D eigenvalue weighted by Gasteiger charge is -2.32. The average molecular weight is 345 g/mol.